The number of halogens is 3. The van der Waals surface area contributed by atoms with Gasteiger partial charge in [0.25, 0.3) is 0 Å². The van der Waals surface area contributed by atoms with Gasteiger partial charge < -0.3 is 10.2 Å². The summed E-state index contributed by atoms with van der Waals surface area (Å²) in [6.45, 7) is 1.62. The van der Waals surface area contributed by atoms with Crippen LogP contribution in [0.2, 0.25) is 0 Å². The maximum Gasteiger partial charge on any atom is 0.173 e. The topological polar surface area (TPSA) is 40.0 Å². The molecule has 146 valence electrons. The van der Waals surface area contributed by atoms with E-state index < -0.39 is 0 Å². The van der Waals surface area contributed by atoms with Gasteiger partial charge in [-0.15, -0.1) is 24.8 Å². The highest BCUT2D eigenvalue weighted by molar-refractivity contribution is 9.10. The largest absolute Gasteiger partial charge is 0.335 e. The number of nitrogens with one attached hydrogen (secondary N) is 1. The van der Waals surface area contributed by atoms with Gasteiger partial charge in [-0.3, -0.25) is 4.99 Å². The fourth-order valence-corrected chi connectivity index (χ4v) is 5.41. The van der Waals surface area contributed by atoms with Crippen molar-refractivity contribution in [3.63, 3.8) is 0 Å². The second kappa shape index (κ2) is 9.13. The van der Waals surface area contributed by atoms with E-state index in [1.54, 1.807) is 23.5 Å². The number of thioether (sulfide) groups is 2. The highest BCUT2D eigenvalue weighted by Crippen LogP contribution is 2.38. The van der Waals surface area contributed by atoms with E-state index in [4.69, 9.17) is 4.99 Å². The van der Waals surface area contributed by atoms with Crippen LogP contribution in [0.25, 0.3) is 0 Å². The summed E-state index contributed by atoms with van der Waals surface area (Å²) in [4.78, 5) is 11.8. The lowest BCUT2D eigenvalue weighted by molar-refractivity contribution is 0.519. The Bertz CT molecular complexity index is 994. The minimum Gasteiger partial charge on any atom is -0.335 e. The van der Waals surface area contributed by atoms with Crippen LogP contribution in [0.15, 0.2) is 68.0 Å². The van der Waals surface area contributed by atoms with Crippen LogP contribution in [0.4, 0.5) is 11.4 Å². The first-order valence-corrected chi connectivity index (χ1v) is 10.9. The maximum atomic E-state index is 4.80. The third-order valence-electron chi connectivity index (χ3n) is 4.47. The van der Waals surface area contributed by atoms with Crippen LogP contribution in [0.3, 0.4) is 0 Å². The molecule has 0 aliphatic carbocycles. The molecule has 28 heavy (non-hydrogen) atoms. The van der Waals surface area contributed by atoms with Crippen molar-refractivity contribution in [2.24, 2.45) is 9.98 Å². The molecule has 0 fully saturated rings. The first-order valence-electron chi connectivity index (χ1n) is 8.29. The molecule has 0 radical (unpaired) electrons. The molecule has 0 saturated heterocycles. The summed E-state index contributed by atoms with van der Waals surface area (Å²) in [5, 5.41) is 7.71. The minimum absolute atomic E-state index is 0. The fourth-order valence-electron chi connectivity index (χ4n) is 3.12. The van der Waals surface area contributed by atoms with Crippen LogP contribution in [0, 0.1) is 0 Å². The third kappa shape index (κ3) is 4.24. The Morgan fingerprint density at radius 1 is 1.14 bits per heavy atom. The number of hydrogen-bond acceptors (Lipinski definition) is 6. The zero-order valence-corrected chi connectivity index (χ0v) is 19.4. The molecule has 2 aromatic rings. The number of amidine groups is 2. The van der Waals surface area contributed by atoms with Crippen LogP contribution < -0.4 is 5.32 Å². The molecule has 3 aliphatic rings. The third-order valence-corrected chi connectivity index (χ3v) is 6.82. The number of aliphatic imine (C=N–C) groups is 2. The highest BCUT2D eigenvalue weighted by Gasteiger charge is 2.28. The summed E-state index contributed by atoms with van der Waals surface area (Å²) in [7, 11) is 0. The van der Waals surface area contributed by atoms with E-state index in [2.05, 4.69) is 72.9 Å². The molecule has 9 heteroatoms. The van der Waals surface area contributed by atoms with Crippen LogP contribution in [-0.4, -0.2) is 21.0 Å². The molecule has 2 aromatic carbocycles. The molecule has 4 nitrogen and oxygen atoms in total. The van der Waals surface area contributed by atoms with Gasteiger partial charge in [-0.1, -0.05) is 57.7 Å². The van der Waals surface area contributed by atoms with E-state index in [-0.39, 0.29) is 24.8 Å². The molecule has 0 atom stereocenters. The molecule has 0 aromatic heterocycles. The van der Waals surface area contributed by atoms with E-state index in [0.717, 1.165) is 39.3 Å². The minimum atomic E-state index is 0. The first kappa shape index (κ1) is 21.6. The Morgan fingerprint density at radius 2 is 2.00 bits per heavy atom. The lowest BCUT2D eigenvalue weighted by atomic mass is 10.1. The molecule has 0 spiro atoms. The maximum absolute atomic E-state index is 4.80. The molecule has 0 unspecified atom stereocenters. The monoisotopic (exact) mass is 514 g/mol. The van der Waals surface area contributed by atoms with Gasteiger partial charge in [0.1, 0.15) is 0 Å². The average molecular weight is 516 g/mol. The molecular formula is C19H17BrCl2N4S2. The smallest absolute Gasteiger partial charge is 0.173 e. The Kier molecular flexibility index (Phi) is 7.04. The average Bonchev–Trinajstić information content (AvgIpc) is 3.06. The molecule has 3 aliphatic heterocycles. The molecule has 3 heterocycles. The van der Waals surface area contributed by atoms with E-state index in [0.29, 0.717) is 0 Å². The van der Waals surface area contributed by atoms with Crippen LogP contribution in [0.1, 0.15) is 11.1 Å². The van der Waals surface area contributed by atoms with Crippen LogP contribution >= 0.6 is 64.3 Å². The molecule has 0 amide bonds. The van der Waals surface area contributed by atoms with Crippen LogP contribution in [0.5, 0.6) is 0 Å². The van der Waals surface area contributed by atoms with Gasteiger partial charge in [0, 0.05) is 21.6 Å². The quantitative estimate of drug-likeness (QED) is 0.502. The second-order valence-corrected chi connectivity index (χ2v) is 8.89. The van der Waals surface area contributed by atoms with Crippen LogP contribution in [-0.2, 0) is 13.1 Å². The Labute approximate surface area is 193 Å². The number of rotatable bonds is 2. The van der Waals surface area contributed by atoms with Gasteiger partial charge in [-0.25, -0.2) is 4.99 Å². The van der Waals surface area contributed by atoms with Crippen molar-refractivity contribution in [3.8, 4) is 0 Å². The van der Waals surface area contributed by atoms with E-state index in [1.807, 2.05) is 6.07 Å². The number of nitrogens with zero attached hydrogens (tertiary/aromatic N) is 3. The van der Waals surface area contributed by atoms with E-state index in [9.17, 15) is 0 Å². The SMILES string of the molecule is Brc1ccc2c(c1)CN1C(CSC3=NCc4ccccc4N3)=CSC1=N2.Cl.Cl. The standard InChI is InChI=1S/C19H15BrN4S2.2ClH/c20-14-5-6-17-13(7-14)9-24-15(11-26-19(24)23-17)10-25-18-21-8-12-3-1-2-4-16(12)22-18;;/h1-7,11H,8-10H2,(H,21,22);2*1H. The van der Waals surface area contributed by atoms with Gasteiger partial charge in [-0.2, -0.15) is 0 Å². The molecule has 0 saturated carbocycles. The predicted molar refractivity (Wildman–Crippen MR) is 131 cm³/mol. The summed E-state index contributed by atoms with van der Waals surface area (Å²) in [5.74, 6) is 0.878. The number of hydrogen-bond donors (Lipinski definition) is 1. The zero-order chi connectivity index (χ0) is 17.5. The van der Waals surface area contributed by atoms with Gasteiger partial charge >= 0.3 is 0 Å². The molecule has 0 bridgehead atoms. The van der Waals surface area contributed by atoms with Crippen molar-refractivity contribution >= 4 is 86.0 Å². The van der Waals surface area contributed by atoms with Crippen molar-refractivity contribution in [3.05, 3.63) is 69.2 Å². The van der Waals surface area contributed by atoms with Gasteiger partial charge in [-0.05, 0) is 40.8 Å². The molecular weight excluding hydrogens is 499 g/mol. The van der Waals surface area contributed by atoms with E-state index in [1.165, 1.54) is 22.5 Å². The second-order valence-electron chi connectivity index (χ2n) is 6.17. The number of para-hydroxylation sites is 1. The summed E-state index contributed by atoms with van der Waals surface area (Å²) < 4.78 is 1.10. The number of benzene rings is 2. The van der Waals surface area contributed by atoms with Crippen molar-refractivity contribution in [1.82, 2.24) is 4.90 Å². The fraction of sp³-hybridized carbons (Fsp3) is 0.158. The van der Waals surface area contributed by atoms with Gasteiger partial charge in [0.15, 0.2) is 10.3 Å². The molecule has 5 rings (SSSR count). The summed E-state index contributed by atoms with van der Waals surface area (Å²) in [6, 6.07) is 14.6. The summed E-state index contributed by atoms with van der Waals surface area (Å²) >= 11 is 7.01. The normalized spacial score (nSPS) is 16.2. The summed E-state index contributed by atoms with van der Waals surface area (Å²) in [6.07, 6.45) is 0. The number of fused-ring (bicyclic) bond motifs is 3. The van der Waals surface area contributed by atoms with E-state index >= 15 is 0 Å². The lowest BCUT2D eigenvalue weighted by Gasteiger charge is -2.27. The van der Waals surface area contributed by atoms with Gasteiger partial charge in [0.05, 0.1) is 18.8 Å². The number of anilines is 1. The predicted octanol–water partition coefficient (Wildman–Crippen LogP) is 6.40. The van der Waals surface area contributed by atoms with Crippen molar-refractivity contribution in [2.45, 2.75) is 13.1 Å². The van der Waals surface area contributed by atoms with Gasteiger partial charge in [0.2, 0.25) is 0 Å². The van der Waals surface area contributed by atoms with Crippen molar-refractivity contribution in [2.75, 3.05) is 11.1 Å². The van der Waals surface area contributed by atoms with Crippen molar-refractivity contribution < 1.29 is 0 Å². The highest BCUT2D eigenvalue weighted by atomic mass is 79.9. The summed E-state index contributed by atoms with van der Waals surface area (Å²) in [5.41, 5.74) is 6.03. The first-order chi connectivity index (χ1) is 12.8. The zero-order valence-electron chi connectivity index (χ0n) is 14.6. The Balaban J connectivity index is 0.00000112. The Morgan fingerprint density at radius 3 is 2.89 bits per heavy atom. The van der Waals surface area contributed by atoms with Crippen molar-refractivity contribution in [1.29, 1.82) is 0 Å². The molecule has 1 N–H and O–H groups in total. The Hall–Kier alpha value is -1.12. The lowest BCUT2D eigenvalue weighted by Crippen LogP contribution is -2.28.